The molecule has 2 aromatic carbocycles. The molecule has 0 atom stereocenters. The van der Waals surface area contributed by atoms with E-state index in [1.165, 1.54) is 11.3 Å². The third kappa shape index (κ3) is 3.24. The molecule has 4 aromatic rings. The van der Waals surface area contributed by atoms with Crippen LogP contribution in [0.4, 0.5) is 10.8 Å². The Morgan fingerprint density at radius 3 is 2.75 bits per heavy atom. The second-order valence-electron chi connectivity index (χ2n) is 6.47. The predicted molar refractivity (Wildman–Crippen MR) is 117 cm³/mol. The lowest BCUT2D eigenvalue weighted by molar-refractivity contribution is 0.103. The molecule has 8 heteroatoms. The number of aromatic nitrogens is 1. The number of thiophene rings is 1. The lowest BCUT2D eigenvalue weighted by atomic mass is 10.2. The monoisotopic (exact) mass is 429 g/mol. The minimum atomic E-state index is -0.191. The highest BCUT2D eigenvalue weighted by Gasteiger charge is 2.18. The molecule has 0 unspecified atom stereocenters. The Kier molecular flexibility index (Phi) is 4.68. The van der Waals surface area contributed by atoms with Gasteiger partial charge in [0.15, 0.2) is 5.13 Å². The number of carbonyl (C=O) groups is 1. The molecule has 0 bridgehead atoms. The highest BCUT2D eigenvalue weighted by molar-refractivity contribution is 7.22. The van der Waals surface area contributed by atoms with Crippen molar-refractivity contribution in [1.29, 1.82) is 0 Å². The van der Waals surface area contributed by atoms with Gasteiger partial charge in [-0.3, -0.25) is 4.79 Å². The standard InChI is InChI=1S/C20H16ClN3O2S2/c21-17-13-3-1-2-4-15(13)27-18(17)19(25)22-12-5-6-14-16(11-12)28-20(23-14)24-7-9-26-10-8-24/h1-6,11H,7-10H2,(H,22,25). The number of fused-ring (bicyclic) bond motifs is 2. The summed E-state index contributed by atoms with van der Waals surface area (Å²) in [6.07, 6.45) is 0. The molecule has 5 rings (SSSR count). The van der Waals surface area contributed by atoms with Gasteiger partial charge in [0.25, 0.3) is 5.91 Å². The number of carbonyl (C=O) groups excluding carboxylic acids is 1. The molecule has 1 fully saturated rings. The van der Waals surface area contributed by atoms with Gasteiger partial charge >= 0.3 is 0 Å². The van der Waals surface area contributed by atoms with Crippen molar-refractivity contribution in [3.63, 3.8) is 0 Å². The minimum Gasteiger partial charge on any atom is -0.378 e. The van der Waals surface area contributed by atoms with Crippen LogP contribution in [0.25, 0.3) is 20.3 Å². The average molecular weight is 430 g/mol. The van der Waals surface area contributed by atoms with E-state index in [2.05, 4.69) is 10.2 Å². The number of thiazole rings is 1. The number of nitrogens with one attached hydrogen (secondary N) is 1. The molecule has 0 spiro atoms. The molecule has 1 amide bonds. The second-order valence-corrected chi connectivity index (χ2v) is 8.91. The largest absolute Gasteiger partial charge is 0.378 e. The quantitative estimate of drug-likeness (QED) is 0.483. The van der Waals surface area contributed by atoms with Gasteiger partial charge in [0.2, 0.25) is 0 Å². The predicted octanol–water partition coefficient (Wildman–Crippen LogP) is 5.25. The van der Waals surface area contributed by atoms with Gasteiger partial charge in [-0.15, -0.1) is 11.3 Å². The molecule has 142 valence electrons. The van der Waals surface area contributed by atoms with Gasteiger partial charge in [-0.2, -0.15) is 0 Å². The maximum atomic E-state index is 12.8. The fourth-order valence-electron chi connectivity index (χ4n) is 3.23. The van der Waals surface area contributed by atoms with E-state index in [1.54, 1.807) is 11.3 Å². The van der Waals surface area contributed by atoms with Gasteiger partial charge < -0.3 is 15.0 Å². The summed E-state index contributed by atoms with van der Waals surface area (Å²) in [5, 5.41) is 5.38. The maximum Gasteiger partial charge on any atom is 0.267 e. The second kappa shape index (κ2) is 7.33. The number of nitrogens with zero attached hydrogens (tertiary/aromatic N) is 2. The Labute approximate surface area is 174 Å². The van der Waals surface area contributed by atoms with E-state index in [4.69, 9.17) is 21.3 Å². The molecule has 0 radical (unpaired) electrons. The third-order valence-electron chi connectivity index (χ3n) is 4.66. The molecule has 0 saturated carbocycles. The lowest BCUT2D eigenvalue weighted by Crippen LogP contribution is -2.36. The molecule has 2 aromatic heterocycles. The SMILES string of the molecule is O=C(Nc1ccc2nc(N3CCOCC3)sc2c1)c1sc2ccccc2c1Cl. The Hall–Kier alpha value is -2.19. The van der Waals surface area contributed by atoms with Crippen LogP contribution < -0.4 is 10.2 Å². The molecule has 5 nitrogen and oxygen atoms in total. The number of benzene rings is 2. The number of anilines is 2. The van der Waals surface area contributed by atoms with Gasteiger partial charge in [0.1, 0.15) is 4.88 Å². The molecular formula is C20H16ClN3O2S2. The number of rotatable bonds is 3. The van der Waals surface area contributed by atoms with Crippen molar-refractivity contribution in [1.82, 2.24) is 4.98 Å². The van der Waals surface area contributed by atoms with Crippen molar-refractivity contribution in [3.05, 3.63) is 52.4 Å². The first kappa shape index (κ1) is 17.9. The topological polar surface area (TPSA) is 54.5 Å². The third-order valence-corrected chi connectivity index (χ3v) is 7.41. The Morgan fingerprint density at radius 2 is 1.93 bits per heavy atom. The number of morpholine rings is 1. The van der Waals surface area contributed by atoms with E-state index >= 15 is 0 Å². The zero-order chi connectivity index (χ0) is 19.1. The smallest absolute Gasteiger partial charge is 0.267 e. The van der Waals surface area contributed by atoms with Crippen LogP contribution >= 0.6 is 34.3 Å². The molecule has 1 saturated heterocycles. The number of hydrogen-bond acceptors (Lipinski definition) is 6. The lowest BCUT2D eigenvalue weighted by Gasteiger charge is -2.25. The molecule has 0 aliphatic carbocycles. The number of amides is 1. The van der Waals surface area contributed by atoms with Crippen LogP contribution in [0.1, 0.15) is 9.67 Å². The molecule has 1 aliphatic heterocycles. The Morgan fingerprint density at radius 1 is 1.11 bits per heavy atom. The summed E-state index contributed by atoms with van der Waals surface area (Å²) in [5.74, 6) is -0.191. The Bertz CT molecular complexity index is 1180. The average Bonchev–Trinajstić information content (AvgIpc) is 3.30. The van der Waals surface area contributed by atoms with E-state index in [1.807, 2.05) is 42.5 Å². The summed E-state index contributed by atoms with van der Waals surface area (Å²) in [6, 6.07) is 13.6. The van der Waals surface area contributed by atoms with Crippen molar-refractivity contribution in [2.45, 2.75) is 0 Å². The van der Waals surface area contributed by atoms with Crippen molar-refractivity contribution in [2.75, 3.05) is 36.5 Å². The van der Waals surface area contributed by atoms with Crippen LogP contribution in [0.15, 0.2) is 42.5 Å². The zero-order valence-corrected chi connectivity index (χ0v) is 17.2. The first-order valence-corrected chi connectivity index (χ1v) is 10.9. The van der Waals surface area contributed by atoms with E-state index in [-0.39, 0.29) is 5.91 Å². The van der Waals surface area contributed by atoms with Crippen LogP contribution in [-0.4, -0.2) is 37.2 Å². The summed E-state index contributed by atoms with van der Waals surface area (Å²) < 4.78 is 7.46. The highest BCUT2D eigenvalue weighted by Crippen LogP contribution is 2.36. The fourth-order valence-corrected chi connectivity index (χ4v) is 5.70. The van der Waals surface area contributed by atoms with Crippen molar-refractivity contribution < 1.29 is 9.53 Å². The van der Waals surface area contributed by atoms with Crippen LogP contribution in [0, 0.1) is 0 Å². The van der Waals surface area contributed by atoms with Gasteiger partial charge in [-0.1, -0.05) is 41.1 Å². The summed E-state index contributed by atoms with van der Waals surface area (Å²) >= 11 is 9.47. The van der Waals surface area contributed by atoms with Crippen molar-refractivity contribution in [3.8, 4) is 0 Å². The summed E-state index contributed by atoms with van der Waals surface area (Å²) in [6.45, 7) is 3.17. The fraction of sp³-hybridized carbons (Fsp3) is 0.200. The summed E-state index contributed by atoms with van der Waals surface area (Å²) in [4.78, 5) is 20.3. The summed E-state index contributed by atoms with van der Waals surface area (Å²) in [7, 11) is 0. The van der Waals surface area contributed by atoms with Gasteiger partial charge in [0.05, 0.1) is 28.5 Å². The zero-order valence-electron chi connectivity index (χ0n) is 14.8. The van der Waals surface area contributed by atoms with Crippen LogP contribution in [0.2, 0.25) is 5.02 Å². The van der Waals surface area contributed by atoms with Gasteiger partial charge in [0, 0.05) is 28.9 Å². The van der Waals surface area contributed by atoms with Crippen LogP contribution in [0.3, 0.4) is 0 Å². The number of hydrogen-bond donors (Lipinski definition) is 1. The van der Waals surface area contributed by atoms with E-state index < -0.39 is 0 Å². The Balaban J connectivity index is 1.41. The van der Waals surface area contributed by atoms with E-state index in [0.29, 0.717) is 9.90 Å². The number of halogens is 1. The summed E-state index contributed by atoms with van der Waals surface area (Å²) in [5.41, 5.74) is 1.67. The van der Waals surface area contributed by atoms with E-state index in [9.17, 15) is 4.79 Å². The maximum absolute atomic E-state index is 12.8. The molecule has 3 heterocycles. The first-order valence-electron chi connectivity index (χ1n) is 8.91. The normalized spacial score (nSPS) is 14.7. The molecule has 1 aliphatic rings. The minimum absolute atomic E-state index is 0.191. The van der Waals surface area contributed by atoms with Crippen LogP contribution in [0.5, 0.6) is 0 Å². The highest BCUT2D eigenvalue weighted by atomic mass is 35.5. The van der Waals surface area contributed by atoms with Crippen LogP contribution in [-0.2, 0) is 4.74 Å². The molecular weight excluding hydrogens is 414 g/mol. The first-order chi connectivity index (χ1) is 13.7. The van der Waals surface area contributed by atoms with Gasteiger partial charge in [-0.25, -0.2) is 4.98 Å². The van der Waals surface area contributed by atoms with Gasteiger partial charge in [-0.05, 0) is 24.3 Å². The molecule has 28 heavy (non-hydrogen) atoms. The molecule has 1 N–H and O–H groups in total. The van der Waals surface area contributed by atoms with E-state index in [0.717, 1.165) is 57.4 Å². The van der Waals surface area contributed by atoms with Crippen molar-refractivity contribution in [2.24, 2.45) is 0 Å². The number of ether oxygens (including phenoxy) is 1. The van der Waals surface area contributed by atoms with Crippen molar-refractivity contribution >= 4 is 71.3 Å².